The highest BCUT2D eigenvalue weighted by Crippen LogP contribution is 2.40. The minimum atomic E-state index is -4.87. The first-order valence-electron chi connectivity index (χ1n) is 7.73. The molecule has 0 saturated heterocycles. The van der Waals surface area contributed by atoms with Gasteiger partial charge in [-0.15, -0.1) is 5.10 Å². The second-order valence-electron chi connectivity index (χ2n) is 6.05. The van der Waals surface area contributed by atoms with Crippen LogP contribution in [0.5, 0.6) is 0 Å². The number of hydrogen-bond acceptors (Lipinski definition) is 5. The molecule has 0 bridgehead atoms. The Morgan fingerprint density at radius 3 is 2.48 bits per heavy atom. The largest absolute Gasteiger partial charge is 0.434 e. The summed E-state index contributed by atoms with van der Waals surface area (Å²) in [5.41, 5.74) is 3.93. The molecule has 25 heavy (non-hydrogen) atoms. The van der Waals surface area contributed by atoms with Gasteiger partial charge in [-0.3, -0.25) is 0 Å². The van der Waals surface area contributed by atoms with Crippen LogP contribution in [0.2, 0.25) is 0 Å². The number of H-pyrrole nitrogens is 1. The fourth-order valence-electron chi connectivity index (χ4n) is 2.97. The Kier molecular flexibility index (Phi) is 4.55. The van der Waals surface area contributed by atoms with E-state index in [0.717, 1.165) is 6.07 Å². The molecule has 0 amide bonds. The van der Waals surface area contributed by atoms with E-state index in [4.69, 9.17) is 10.2 Å². The molecule has 1 aromatic carbocycles. The first kappa shape index (κ1) is 17.5. The van der Waals surface area contributed by atoms with Gasteiger partial charge in [0.1, 0.15) is 11.4 Å². The fourth-order valence-corrected chi connectivity index (χ4v) is 2.97. The summed E-state index contributed by atoms with van der Waals surface area (Å²) in [5, 5.41) is 8.27. The van der Waals surface area contributed by atoms with Crippen molar-refractivity contribution in [3.8, 4) is 11.5 Å². The van der Waals surface area contributed by atoms with Crippen LogP contribution in [0.25, 0.3) is 11.5 Å². The van der Waals surface area contributed by atoms with Crippen molar-refractivity contribution in [2.24, 2.45) is 5.73 Å². The average molecular weight is 360 g/mol. The van der Waals surface area contributed by atoms with E-state index in [-0.39, 0.29) is 23.5 Å². The van der Waals surface area contributed by atoms with E-state index in [1.807, 2.05) is 5.10 Å². The number of hydrogen-bond donors (Lipinski definition) is 3. The molecule has 1 saturated carbocycles. The van der Waals surface area contributed by atoms with Gasteiger partial charge in [-0.2, -0.15) is 13.2 Å². The summed E-state index contributed by atoms with van der Waals surface area (Å²) >= 11 is 0. The Balaban J connectivity index is 2.00. The second kappa shape index (κ2) is 6.51. The molecule has 6 nitrogen and oxygen atoms in total. The monoisotopic (exact) mass is 360 g/mol. The zero-order valence-electron chi connectivity index (χ0n) is 13.0. The zero-order chi connectivity index (χ0) is 18.2. The molecular formula is C15H16F4N4O2. The van der Waals surface area contributed by atoms with Crippen LogP contribution in [0.15, 0.2) is 21.3 Å². The number of aromatic amines is 1. The molecule has 1 aliphatic rings. The minimum absolute atomic E-state index is 0.0292. The summed E-state index contributed by atoms with van der Waals surface area (Å²) in [5.74, 6) is -2.64. The molecule has 3 rings (SSSR count). The van der Waals surface area contributed by atoms with Crippen LogP contribution in [0, 0.1) is 5.82 Å². The first-order chi connectivity index (χ1) is 11.7. The number of nitrogens with one attached hydrogen (secondary N) is 2. The van der Waals surface area contributed by atoms with Crippen LogP contribution in [0.4, 0.5) is 23.2 Å². The molecule has 0 radical (unpaired) electrons. The van der Waals surface area contributed by atoms with Gasteiger partial charge in [0, 0.05) is 17.6 Å². The number of anilines is 1. The van der Waals surface area contributed by atoms with Crippen molar-refractivity contribution >= 4 is 5.69 Å². The average Bonchev–Trinajstić information content (AvgIpc) is 2.94. The van der Waals surface area contributed by atoms with Gasteiger partial charge in [0.2, 0.25) is 5.89 Å². The van der Waals surface area contributed by atoms with Crippen LogP contribution in [-0.4, -0.2) is 22.3 Å². The molecule has 1 heterocycles. The van der Waals surface area contributed by atoms with Gasteiger partial charge in [-0.05, 0) is 37.8 Å². The lowest BCUT2D eigenvalue weighted by molar-refractivity contribution is -0.139. The molecule has 0 atom stereocenters. The van der Waals surface area contributed by atoms with Crippen LogP contribution in [0.3, 0.4) is 0 Å². The number of halogens is 4. The van der Waals surface area contributed by atoms with Crippen LogP contribution >= 0.6 is 0 Å². The summed E-state index contributed by atoms with van der Waals surface area (Å²) in [6, 6.07) is 1.51. The van der Waals surface area contributed by atoms with Gasteiger partial charge < -0.3 is 15.5 Å². The van der Waals surface area contributed by atoms with Gasteiger partial charge in [0.25, 0.3) is 0 Å². The lowest BCUT2D eigenvalue weighted by atomic mass is 9.91. The molecule has 1 fully saturated rings. The molecule has 0 aliphatic heterocycles. The Morgan fingerprint density at radius 2 is 1.92 bits per heavy atom. The second-order valence-corrected chi connectivity index (χ2v) is 6.05. The third kappa shape index (κ3) is 3.84. The molecule has 10 heteroatoms. The maximum atomic E-state index is 14.2. The van der Waals surface area contributed by atoms with Crippen molar-refractivity contribution < 1.29 is 22.0 Å². The number of alkyl halides is 3. The van der Waals surface area contributed by atoms with E-state index in [0.29, 0.717) is 31.7 Å². The molecule has 0 spiro atoms. The van der Waals surface area contributed by atoms with Crippen LogP contribution in [0.1, 0.15) is 31.2 Å². The van der Waals surface area contributed by atoms with Crippen LogP contribution in [-0.2, 0) is 6.18 Å². The molecule has 1 aliphatic carbocycles. The fraction of sp³-hybridized carbons (Fsp3) is 0.467. The Morgan fingerprint density at radius 1 is 1.24 bits per heavy atom. The lowest BCUT2D eigenvalue weighted by Gasteiger charge is -2.29. The molecular weight excluding hydrogens is 344 g/mol. The van der Waals surface area contributed by atoms with Crippen molar-refractivity contribution in [2.45, 2.75) is 43.9 Å². The Bertz CT molecular complexity index is 807. The predicted molar refractivity (Wildman–Crippen MR) is 81.4 cm³/mol. The van der Waals surface area contributed by atoms with Crippen molar-refractivity contribution in [2.75, 3.05) is 5.32 Å². The normalized spacial score (nSPS) is 21.3. The highest BCUT2D eigenvalue weighted by Gasteiger charge is 2.38. The lowest BCUT2D eigenvalue weighted by Crippen LogP contribution is -2.33. The topological polar surface area (TPSA) is 96.9 Å². The highest BCUT2D eigenvalue weighted by molar-refractivity contribution is 5.66. The van der Waals surface area contributed by atoms with Crippen LogP contribution < -0.4 is 16.8 Å². The smallest absolute Gasteiger partial charge is 0.388 e. The number of nitrogens with zero attached hydrogens (tertiary/aromatic N) is 1. The summed E-state index contributed by atoms with van der Waals surface area (Å²) in [7, 11) is 0. The molecule has 2 aromatic rings. The molecule has 4 N–H and O–H groups in total. The summed E-state index contributed by atoms with van der Waals surface area (Å²) in [6.45, 7) is 0. The maximum Gasteiger partial charge on any atom is 0.434 e. The van der Waals surface area contributed by atoms with Gasteiger partial charge in [0.15, 0.2) is 0 Å². The van der Waals surface area contributed by atoms with E-state index in [2.05, 4.69) is 10.4 Å². The Labute approximate surface area is 139 Å². The number of benzene rings is 1. The number of aromatic nitrogens is 2. The van der Waals surface area contributed by atoms with Gasteiger partial charge in [-0.1, -0.05) is 0 Å². The quantitative estimate of drug-likeness (QED) is 0.732. The van der Waals surface area contributed by atoms with E-state index < -0.39 is 29.0 Å². The Hall–Kier alpha value is -2.36. The summed E-state index contributed by atoms with van der Waals surface area (Å²) < 4.78 is 58.7. The molecule has 1 aromatic heterocycles. The van der Waals surface area contributed by atoms with E-state index in [1.54, 1.807) is 0 Å². The summed E-state index contributed by atoms with van der Waals surface area (Å²) in [6.07, 6.45) is -2.35. The standard InChI is InChI=1S/C15H16F4N4O2/c16-10-5-7(13-22-23-14(24)25-13)6-11(12(10)15(17,18)19)21-9-3-1-8(20)2-4-9/h5-6,8-9,21H,1-4,20H2,(H,23,24)/t8-,9-. The van der Waals surface area contributed by atoms with E-state index >= 15 is 0 Å². The third-order valence-corrected chi connectivity index (χ3v) is 4.19. The van der Waals surface area contributed by atoms with E-state index in [9.17, 15) is 22.4 Å². The van der Waals surface area contributed by atoms with Gasteiger partial charge in [-0.25, -0.2) is 14.3 Å². The number of rotatable bonds is 3. The first-order valence-corrected chi connectivity index (χ1v) is 7.73. The molecule has 136 valence electrons. The van der Waals surface area contributed by atoms with Crippen molar-refractivity contribution in [1.82, 2.24) is 10.2 Å². The number of nitrogens with two attached hydrogens (primary N) is 1. The minimum Gasteiger partial charge on any atom is -0.388 e. The zero-order valence-corrected chi connectivity index (χ0v) is 13.0. The van der Waals surface area contributed by atoms with Crippen molar-refractivity contribution in [1.29, 1.82) is 0 Å². The SMILES string of the molecule is N[C@H]1CC[C@H](Nc2cc(-c3n[nH]c(=O)o3)cc(F)c2C(F)(F)F)CC1. The van der Waals surface area contributed by atoms with Gasteiger partial charge in [0.05, 0.1) is 5.69 Å². The third-order valence-electron chi connectivity index (χ3n) is 4.19. The maximum absolute atomic E-state index is 14.2. The van der Waals surface area contributed by atoms with Crippen molar-refractivity contribution in [3.05, 3.63) is 34.1 Å². The summed E-state index contributed by atoms with van der Waals surface area (Å²) in [4.78, 5) is 11.0. The predicted octanol–water partition coefficient (Wildman–Crippen LogP) is 2.87. The van der Waals surface area contributed by atoms with Gasteiger partial charge >= 0.3 is 11.9 Å². The molecule has 0 unspecified atom stereocenters. The highest BCUT2D eigenvalue weighted by atomic mass is 19.4. The van der Waals surface area contributed by atoms with E-state index in [1.165, 1.54) is 0 Å². The van der Waals surface area contributed by atoms with Crippen molar-refractivity contribution in [3.63, 3.8) is 0 Å².